The van der Waals surface area contributed by atoms with Crippen LogP contribution < -0.4 is 0 Å². The van der Waals surface area contributed by atoms with Gasteiger partial charge in [0.25, 0.3) is 0 Å². The van der Waals surface area contributed by atoms with Crippen molar-refractivity contribution < 1.29 is 19.4 Å². The maximum absolute atomic E-state index is 11.7. The molecular weight excluding hydrogens is 328 g/mol. The predicted molar refractivity (Wildman–Crippen MR) is 107 cm³/mol. The standard InChI is InChI=1S/C22H42O4/c1-4-5-6-7-9-12-15-18-22(2,21(24)25)19-16-13-10-8-11-14-17-20(23)26-3/h4-19H2,1-3H3,(H,24,25). The Balaban J connectivity index is 3.76. The van der Waals surface area contributed by atoms with Crippen LogP contribution in [-0.4, -0.2) is 24.2 Å². The molecule has 26 heavy (non-hydrogen) atoms. The second-order valence-electron chi connectivity index (χ2n) is 7.93. The summed E-state index contributed by atoms with van der Waals surface area (Å²) >= 11 is 0. The molecule has 0 radical (unpaired) electrons. The molecule has 1 atom stereocenters. The molecule has 0 aliphatic carbocycles. The van der Waals surface area contributed by atoms with Crippen molar-refractivity contribution in [2.24, 2.45) is 5.41 Å². The van der Waals surface area contributed by atoms with Gasteiger partial charge in [-0.25, -0.2) is 0 Å². The van der Waals surface area contributed by atoms with E-state index in [0.29, 0.717) is 6.42 Å². The van der Waals surface area contributed by atoms with E-state index in [1.54, 1.807) is 0 Å². The van der Waals surface area contributed by atoms with E-state index in [1.165, 1.54) is 39.2 Å². The number of ether oxygens (including phenoxy) is 1. The van der Waals surface area contributed by atoms with Gasteiger partial charge in [0.2, 0.25) is 0 Å². The number of hydrogen-bond acceptors (Lipinski definition) is 3. The molecular formula is C22H42O4. The Hall–Kier alpha value is -1.06. The molecule has 0 heterocycles. The number of methoxy groups -OCH3 is 1. The molecule has 0 fully saturated rings. The van der Waals surface area contributed by atoms with Crippen LogP contribution in [-0.2, 0) is 14.3 Å². The summed E-state index contributed by atoms with van der Waals surface area (Å²) in [7, 11) is 1.42. The van der Waals surface area contributed by atoms with Crippen molar-refractivity contribution in [1.82, 2.24) is 0 Å². The van der Waals surface area contributed by atoms with Gasteiger partial charge in [-0.05, 0) is 26.2 Å². The molecule has 0 saturated carbocycles. The molecule has 4 heteroatoms. The van der Waals surface area contributed by atoms with E-state index in [-0.39, 0.29) is 5.97 Å². The summed E-state index contributed by atoms with van der Waals surface area (Å²) in [4.78, 5) is 22.7. The van der Waals surface area contributed by atoms with Gasteiger partial charge < -0.3 is 9.84 Å². The van der Waals surface area contributed by atoms with Gasteiger partial charge >= 0.3 is 11.9 Å². The Labute approximate surface area is 161 Å². The molecule has 0 aliphatic heterocycles. The first kappa shape index (κ1) is 24.9. The van der Waals surface area contributed by atoms with Crippen molar-refractivity contribution in [1.29, 1.82) is 0 Å². The average molecular weight is 371 g/mol. The number of carboxylic acids is 1. The first-order chi connectivity index (χ1) is 12.5. The zero-order valence-electron chi connectivity index (χ0n) is 17.5. The van der Waals surface area contributed by atoms with E-state index in [9.17, 15) is 14.7 Å². The Morgan fingerprint density at radius 3 is 1.62 bits per heavy atom. The SMILES string of the molecule is CCCCCCCCCC(C)(CCCCCCCCC(=O)OC)C(=O)O. The normalized spacial score (nSPS) is 13.3. The van der Waals surface area contributed by atoms with Crippen LogP contribution in [0.3, 0.4) is 0 Å². The highest BCUT2D eigenvalue weighted by Crippen LogP contribution is 2.31. The van der Waals surface area contributed by atoms with Crippen molar-refractivity contribution in [2.45, 2.75) is 117 Å². The lowest BCUT2D eigenvalue weighted by Gasteiger charge is -2.24. The maximum atomic E-state index is 11.7. The van der Waals surface area contributed by atoms with Crippen LogP contribution in [0.15, 0.2) is 0 Å². The molecule has 0 aliphatic rings. The summed E-state index contributed by atoms with van der Waals surface area (Å²) in [6, 6.07) is 0. The molecule has 1 N–H and O–H groups in total. The lowest BCUT2D eigenvalue weighted by atomic mass is 9.80. The largest absolute Gasteiger partial charge is 0.481 e. The fourth-order valence-corrected chi connectivity index (χ4v) is 3.40. The number of rotatable bonds is 18. The van der Waals surface area contributed by atoms with Crippen molar-refractivity contribution >= 4 is 11.9 Å². The van der Waals surface area contributed by atoms with E-state index in [4.69, 9.17) is 0 Å². The first-order valence-electron chi connectivity index (χ1n) is 10.8. The molecule has 0 bridgehead atoms. The van der Waals surface area contributed by atoms with Gasteiger partial charge in [-0.3, -0.25) is 9.59 Å². The van der Waals surface area contributed by atoms with Gasteiger partial charge in [0.05, 0.1) is 12.5 Å². The molecule has 0 spiro atoms. The highest BCUT2D eigenvalue weighted by atomic mass is 16.5. The van der Waals surface area contributed by atoms with Gasteiger partial charge in [-0.15, -0.1) is 0 Å². The minimum Gasteiger partial charge on any atom is -0.481 e. The van der Waals surface area contributed by atoms with Crippen LogP contribution >= 0.6 is 0 Å². The third kappa shape index (κ3) is 13.2. The monoisotopic (exact) mass is 370 g/mol. The second kappa shape index (κ2) is 16.1. The van der Waals surface area contributed by atoms with Crippen LogP contribution in [0.4, 0.5) is 0 Å². The predicted octanol–water partition coefficient (Wildman–Crippen LogP) is 6.51. The number of carbonyl (C=O) groups excluding carboxylic acids is 1. The Bertz CT molecular complexity index is 367. The van der Waals surface area contributed by atoms with E-state index in [0.717, 1.165) is 64.2 Å². The number of hydrogen-bond donors (Lipinski definition) is 1. The quantitative estimate of drug-likeness (QED) is 0.220. The van der Waals surface area contributed by atoms with Crippen molar-refractivity contribution in [3.63, 3.8) is 0 Å². The molecule has 0 amide bonds. The van der Waals surface area contributed by atoms with Crippen LogP contribution in [0.2, 0.25) is 0 Å². The van der Waals surface area contributed by atoms with Crippen LogP contribution in [0.25, 0.3) is 0 Å². The van der Waals surface area contributed by atoms with Gasteiger partial charge in [-0.1, -0.05) is 84.0 Å². The topological polar surface area (TPSA) is 63.6 Å². The van der Waals surface area contributed by atoms with E-state index >= 15 is 0 Å². The van der Waals surface area contributed by atoms with Crippen LogP contribution in [0, 0.1) is 5.41 Å². The van der Waals surface area contributed by atoms with Gasteiger partial charge in [0.15, 0.2) is 0 Å². The lowest BCUT2D eigenvalue weighted by Crippen LogP contribution is -2.27. The zero-order chi connectivity index (χ0) is 19.7. The number of unbranched alkanes of at least 4 members (excludes halogenated alkanes) is 11. The number of aliphatic carboxylic acids is 1. The minimum atomic E-state index is -0.637. The van der Waals surface area contributed by atoms with E-state index in [1.807, 2.05) is 6.92 Å². The third-order valence-corrected chi connectivity index (χ3v) is 5.44. The highest BCUT2D eigenvalue weighted by molar-refractivity contribution is 5.74. The van der Waals surface area contributed by atoms with Crippen molar-refractivity contribution in [3.8, 4) is 0 Å². The summed E-state index contributed by atoms with van der Waals surface area (Å²) in [5, 5.41) is 9.61. The third-order valence-electron chi connectivity index (χ3n) is 5.44. The Morgan fingerprint density at radius 1 is 0.769 bits per heavy atom. The Kier molecular flexibility index (Phi) is 15.5. The van der Waals surface area contributed by atoms with Gasteiger partial charge in [-0.2, -0.15) is 0 Å². The summed E-state index contributed by atoms with van der Waals surface area (Å²) < 4.78 is 4.63. The Morgan fingerprint density at radius 2 is 1.19 bits per heavy atom. The van der Waals surface area contributed by atoms with Crippen LogP contribution in [0.5, 0.6) is 0 Å². The molecule has 0 aromatic rings. The molecule has 0 aromatic heterocycles. The summed E-state index contributed by atoms with van der Waals surface area (Å²) in [5.74, 6) is -0.769. The fraction of sp³-hybridized carbons (Fsp3) is 0.909. The van der Waals surface area contributed by atoms with Gasteiger partial charge in [0.1, 0.15) is 0 Å². The molecule has 1 unspecified atom stereocenters. The minimum absolute atomic E-state index is 0.132. The molecule has 0 saturated heterocycles. The van der Waals surface area contributed by atoms with Gasteiger partial charge in [0, 0.05) is 6.42 Å². The van der Waals surface area contributed by atoms with Crippen LogP contribution in [0.1, 0.15) is 117 Å². The number of esters is 1. The number of carboxylic acid groups (broad SMARTS) is 1. The fourth-order valence-electron chi connectivity index (χ4n) is 3.40. The summed E-state index contributed by atoms with van der Waals surface area (Å²) in [6.45, 7) is 4.14. The van der Waals surface area contributed by atoms with E-state index < -0.39 is 11.4 Å². The first-order valence-corrected chi connectivity index (χ1v) is 10.8. The highest BCUT2D eigenvalue weighted by Gasteiger charge is 2.31. The zero-order valence-corrected chi connectivity index (χ0v) is 17.5. The maximum Gasteiger partial charge on any atom is 0.309 e. The van der Waals surface area contributed by atoms with Crippen molar-refractivity contribution in [3.05, 3.63) is 0 Å². The molecule has 154 valence electrons. The number of carbonyl (C=O) groups is 2. The second-order valence-corrected chi connectivity index (χ2v) is 7.93. The van der Waals surface area contributed by atoms with E-state index in [2.05, 4.69) is 11.7 Å². The lowest BCUT2D eigenvalue weighted by molar-refractivity contribution is -0.149. The summed E-state index contributed by atoms with van der Waals surface area (Å²) in [5.41, 5.74) is -0.561. The van der Waals surface area contributed by atoms with Crippen molar-refractivity contribution in [2.75, 3.05) is 7.11 Å². The molecule has 4 nitrogen and oxygen atoms in total. The molecule has 0 rings (SSSR count). The smallest absolute Gasteiger partial charge is 0.309 e. The molecule has 0 aromatic carbocycles. The average Bonchev–Trinajstić information content (AvgIpc) is 2.62. The summed E-state index contributed by atoms with van der Waals surface area (Å²) in [6.07, 6.45) is 16.9.